The molecule has 2 heterocycles. The SMILES string of the molecule is NC1CCN(S(=O)(=O)c2ccc3c(c2)CCCO3)CC1. The Labute approximate surface area is 119 Å². The lowest BCUT2D eigenvalue weighted by molar-refractivity contribution is 0.287. The molecule has 0 amide bonds. The number of hydrogen-bond acceptors (Lipinski definition) is 4. The summed E-state index contributed by atoms with van der Waals surface area (Å²) in [5, 5.41) is 0. The summed E-state index contributed by atoms with van der Waals surface area (Å²) in [5.41, 5.74) is 6.82. The minimum Gasteiger partial charge on any atom is -0.493 e. The van der Waals surface area contributed by atoms with Gasteiger partial charge in [0.2, 0.25) is 10.0 Å². The van der Waals surface area contributed by atoms with E-state index in [4.69, 9.17) is 10.5 Å². The highest BCUT2D eigenvalue weighted by Crippen LogP contribution is 2.29. The molecule has 2 aliphatic heterocycles. The molecular formula is C14H20N2O3S. The fourth-order valence-electron chi connectivity index (χ4n) is 2.76. The van der Waals surface area contributed by atoms with Crippen LogP contribution in [-0.2, 0) is 16.4 Å². The van der Waals surface area contributed by atoms with E-state index < -0.39 is 10.0 Å². The van der Waals surface area contributed by atoms with E-state index in [1.165, 1.54) is 0 Å². The van der Waals surface area contributed by atoms with Gasteiger partial charge in [-0.3, -0.25) is 0 Å². The van der Waals surface area contributed by atoms with Crippen molar-refractivity contribution in [1.82, 2.24) is 4.31 Å². The standard InChI is InChI=1S/C14H20N2O3S/c15-12-5-7-16(8-6-12)20(17,18)13-3-4-14-11(10-13)2-1-9-19-14/h3-4,10,12H,1-2,5-9,15H2. The average molecular weight is 296 g/mol. The van der Waals surface area contributed by atoms with Crippen LogP contribution in [0.5, 0.6) is 5.75 Å². The van der Waals surface area contributed by atoms with Crippen molar-refractivity contribution in [2.75, 3.05) is 19.7 Å². The van der Waals surface area contributed by atoms with Gasteiger partial charge < -0.3 is 10.5 Å². The van der Waals surface area contributed by atoms with Crippen LogP contribution in [-0.4, -0.2) is 38.5 Å². The molecule has 0 atom stereocenters. The molecule has 2 N–H and O–H groups in total. The van der Waals surface area contributed by atoms with Crippen molar-refractivity contribution in [2.45, 2.75) is 36.6 Å². The van der Waals surface area contributed by atoms with Crippen LogP contribution in [0.25, 0.3) is 0 Å². The van der Waals surface area contributed by atoms with E-state index in [-0.39, 0.29) is 6.04 Å². The minimum atomic E-state index is -3.40. The summed E-state index contributed by atoms with van der Waals surface area (Å²) in [7, 11) is -3.40. The van der Waals surface area contributed by atoms with Crippen LogP contribution in [0.1, 0.15) is 24.8 Å². The lowest BCUT2D eigenvalue weighted by Crippen LogP contribution is -2.42. The van der Waals surface area contributed by atoms with Crippen molar-refractivity contribution in [2.24, 2.45) is 5.73 Å². The lowest BCUT2D eigenvalue weighted by Gasteiger charge is -2.29. The molecule has 20 heavy (non-hydrogen) atoms. The van der Waals surface area contributed by atoms with Crippen LogP contribution < -0.4 is 10.5 Å². The van der Waals surface area contributed by atoms with Gasteiger partial charge in [0.15, 0.2) is 0 Å². The summed E-state index contributed by atoms with van der Waals surface area (Å²) in [6.07, 6.45) is 3.28. The highest BCUT2D eigenvalue weighted by atomic mass is 32.2. The number of nitrogens with two attached hydrogens (primary N) is 1. The van der Waals surface area contributed by atoms with E-state index in [2.05, 4.69) is 0 Å². The topological polar surface area (TPSA) is 72.6 Å². The Morgan fingerprint density at radius 1 is 1.25 bits per heavy atom. The molecular weight excluding hydrogens is 276 g/mol. The Balaban J connectivity index is 1.87. The van der Waals surface area contributed by atoms with E-state index >= 15 is 0 Å². The maximum atomic E-state index is 12.6. The summed E-state index contributed by atoms with van der Waals surface area (Å²) >= 11 is 0. The first kappa shape index (κ1) is 13.9. The number of sulfonamides is 1. The summed E-state index contributed by atoms with van der Waals surface area (Å²) in [6, 6.07) is 5.31. The molecule has 0 saturated carbocycles. The molecule has 0 bridgehead atoms. The molecule has 0 aromatic heterocycles. The summed E-state index contributed by atoms with van der Waals surface area (Å²) in [4.78, 5) is 0.372. The van der Waals surface area contributed by atoms with Gasteiger partial charge >= 0.3 is 0 Å². The molecule has 2 aliphatic rings. The number of aryl methyl sites for hydroxylation is 1. The van der Waals surface area contributed by atoms with Crippen LogP contribution in [0, 0.1) is 0 Å². The zero-order valence-corrected chi connectivity index (χ0v) is 12.2. The van der Waals surface area contributed by atoms with E-state index in [1.54, 1.807) is 22.5 Å². The summed E-state index contributed by atoms with van der Waals surface area (Å²) < 4.78 is 32.3. The largest absolute Gasteiger partial charge is 0.493 e. The molecule has 1 fully saturated rings. The van der Waals surface area contributed by atoms with E-state index in [9.17, 15) is 8.42 Å². The van der Waals surface area contributed by atoms with Gasteiger partial charge in [0.05, 0.1) is 11.5 Å². The van der Waals surface area contributed by atoms with Crippen molar-refractivity contribution in [3.05, 3.63) is 23.8 Å². The van der Waals surface area contributed by atoms with Crippen LogP contribution >= 0.6 is 0 Å². The normalized spacial score (nSPS) is 21.2. The summed E-state index contributed by atoms with van der Waals surface area (Å²) in [6.45, 7) is 1.73. The van der Waals surface area contributed by atoms with Crippen molar-refractivity contribution in [1.29, 1.82) is 0 Å². The first-order valence-corrected chi connectivity index (χ1v) is 8.53. The Kier molecular flexibility index (Phi) is 3.70. The molecule has 1 aromatic carbocycles. The van der Waals surface area contributed by atoms with Gasteiger partial charge in [-0.15, -0.1) is 0 Å². The van der Waals surface area contributed by atoms with Crippen molar-refractivity contribution in [3.63, 3.8) is 0 Å². The predicted molar refractivity (Wildman–Crippen MR) is 76.2 cm³/mol. The molecule has 3 rings (SSSR count). The highest BCUT2D eigenvalue weighted by Gasteiger charge is 2.29. The van der Waals surface area contributed by atoms with Crippen molar-refractivity contribution in [3.8, 4) is 5.75 Å². The first-order valence-electron chi connectivity index (χ1n) is 7.09. The smallest absolute Gasteiger partial charge is 0.243 e. The third-order valence-corrected chi connectivity index (χ3v) is 5.91. The maximum Gasteiger partial charge on any atom is 0.243 e. The van der Waals surface area contributed by atoms with E-state index in [0.29, 0.717) is 24.6 Å². The maximum absolute atomic E-state index is 12.6. The Hall–Kier alpha value is -1.11. The predicted octanol–water partition coefficient (Wildman–Crippen LogP) is 1.12. The third-order valence-electron chi connectivity index (χ3n) is 4.02. The Morgan fingerprint density at radius 3 is 2.75 bits per heavy atom. The van der Waals surface area contributed by atoms with Gasteiger partial charge in [-0.2, -0.15) is 4.31 Å². The number of fused-ring (bicyclic) bond motifs is 1. The van der Waals surface area contributed by atoms with Gasteiger partial charge in [0.1, 0.15) is 5.75 Å². The molecule has 110 valence electrons. The second-order valence-electron chi connectivity index (χ2n) is 5.46. The lowest BCUT2D eigenvalue weighted by atomic mass is 10.1. The van der Waals surface area contributed by atoms with Gasteiger partial charge in [0.25, 0.3) is 0 Å². The molecule has 1 aromatic rings. The zero-order chi connectivity index (χ0) is 14.2. The molecule has 0 aliphatic carbocycles. The number of rotatable bonds is 2. The number of piperidine rings is 1. The number of nitrogens with zero attached hydrogens (tertiary/aromatic N) is 1. The zero-order valence-electron chi connectivity index (χ0n) is 11.4. The van der Waals surface area contributed by atoms with Gasteiger partial charge in [0, 0.05) is 19.1 Å². The van der Waals surface area contributed by atoms with Crippen molar-refractivity contribution < 1.29 is 13.2 Å². The molecule has 0 unspecified atom stereocenters. The molecule has 0 spiro atoms. The van der Waals surface area contributed by atoms with Crippen LogP contribution in [0.3, 0.4) is 0 Å². The third kappa shape index (κ3) is 2.55. The van der Waals surface area contributed by atoms with Gasteiger partial charge in [-0.25, -0.2) is 8.42 Å². The highest BCUT2D eigenvalue weighted by molar-refractivity contribution is 7.89. The van der Waals surface area contributed by atoms with Gasteiger partial charge in [-0.1, -0.05) is 0 Å². The van der Waals surface area contributed by atoms with Crippen LogP contribution in [0.4, 0.5) is 0 Å². The fraction of sp³-hybridized carbons (Fsp3) is 0.571. The second kappa shape index (κ2) is 5.35. The average Bonchev–Trinajstić information content (AvgIpc) is 2.47. The Morgan fingerprint density at radius 2 is 2.00 bits per heavy atom. The van der Waals surface area contributed by atoms with Crippen molar-refractivity contribution >= 4 is 10.0 Å². The van der Waals surface area contributed by atoms with E-state index in [1.807, 2.05) is 0 Å². The molecule has 1 saturated heterocycles. The van der Waals surface area contributed by atoms with Crippen LogP contribution in [0.2, 0.25) is 0 Å². The molecule has 6 heteroatoms. The minimum absolute atomic E-state index is 0.124. The fourth-order valence-corrected chi connectivity index (χ4v) is 4.28. The molecule has 0 radical (unpaired) electrons. The first-order chi connectivity index (χ1) is 9.57. The van der Waals surface area contributed by atoms with E-state index in [0.717, 1.165) is 37.0 Å². The number of ether oxygens (including phenoxy) is 1. The quantitative estimate of drug-likeness (QED) is 0.888. The monoisotopic (exact) mass is 296 g/mol. The molecule has 5 nitrogen and oxygen atoms in total. The Bertz CT molecular complexity index is 592. The van der Waals surface area contributed by atoms with Gasteiger partial charge in [-0.05, 0) is 49.4 Å². The summed E-state index contributed by atoms with van der Waals surface area (Å²) in [5.74, 6) is 0.816. The van der Waals surface area contributed by atoms with Crippen LogP contribution in [0.15, 0.2) is 23.1 Å². The number of hydrogen-bond donors (Lipinski definition) is 1. The number of benzene rings is 1. The second-order valence-corrected chi connectivity index (χ2v) is 7.40.